The van der Waals surface area contributed by atoms with Crippen LogP contribution in [0.25, 0.3) is 10.8 Å². The summed E-state index contributed by atoms with van der Waals surface area (Å²) in [6.07, 6.45) is 4.73. The van der Waals surface area contributed by atoms with Crippen molar-refractivity contribution in [1.82, 2.24) is 19.7 Å². The van der Waals surface area contributed by atoms with Crippen molar-refractivity contribution in [2.24, 2.45) is 5.41 Å². The molecule has 5 rings (SSSR count). The molecule has 3 aliphatic heterocycles. The number of rotatable bonds is 4. The second-order valence-electron chi connectivity index (χ2n) is 8.81. The lowest BCUT2D eigenvalue weighted by molar-refractivity contribution is -0.135. The minimum Gasteiger partial charge on any atom is -0.506 e. The maximum Gasteiger partial charge on any atom is 0.257 e. The van der Waals surface area contributed by atoms with E-state index in [1.807, 2.05) is 4.90 Å². The monoisotopic (exact) mass is 424 g/mol. The number of fused-ring (bicyclic) bond motifs is 1. The van der Waals surface area contributed by atoms with Gasteiger partial charge in [0.2, 0.25) is 5.91 Å². The van der Waals surface area contributed by atoms with E-state index in [1.54, 1.807) is 35.5 Å². The van der Waals surface area contributed by atoms with Crippen LogP contribution >= 0.6 is 0 Å². The van der Waals surface area contributed by atoms with Crippen molar-refractivity contribution < 1.29 is 19.4 Å². The fourth-order valence-corrected chi connectivity index (χ4v) is 5.11. The van der Waals surface area contributed by atoms with E-state index in [-0.39, 0.29) is 23.1 Å². The zero-order chi connectivity index (χ0) is 21.4. The average Bonchev–Trinajstić information content (AvgIpc) is 3.38. The second-order valence-corrected chi connectivity index (χ2v) is 8.81. The number of nitrogens with zero attached hydrogens (tertiary/aromatic N) is 4. The number of pyridine rings is 1. The molecule has 1 N–H and O–H groups in total. The standard InChI is InChI=1S/C23H28N4O4/c28-20-18-3-6-24-15-17(18)1-2-19(20)21(29)27-8-5-23(16-27)4-7-26(22(23)30)10-9-25-11-13-31-14-12-25/h1-3,6,15,28H,4-5,7-14,16H2. The van der Waals surface area contributed by atoms with Crippen molar-refractivity contribution in [1.29, 1.82) is 0 Å². The minimum atomic E-state index is -0.475. The number of hydrogen-bond acceptors (Lipinski definition) is 6. The van der Waals surface area contributed by atoms with Gasteiger partial charge in [0.05, 0.1) is 24.2 Å². The molecule has 164 valence electrons. The van der Waals surface area contributed by atoms with Crippen LogP contribution in [-0.4, -0.2) is 95.6 Å². The third-order valence-electron chi connectivity index (χ3n) is 7.05. The molecule has 31 heavy (non-hydrogen) atoms. The highest BCUT2D eigenvalue weighted by Crippen LogP contribution is 2.41. The van der Waals surface area contributed by atoms with Gasteiger partial charge in [-0.05, 0) is 25.0 Å². The van der Waals surface area contributed by atoms with Crippen LogP contribution in [0.1, 0.15) is 23.2 Å². The summed E-state index contributed by atoms with van der Waals surface area (Å²) in [6, 6.07) is 5.16. The Kier molecular flexibility index (Phi) is 5.27. The lowest BCUT2D eigenvalue weighted by atomic mass is 9.85. The van der Waals surface area contributed by atoms with Crippen LogP contribution in [0.3, 0.4) is 0 Å². The van der Waals surface area contributed by atoms with Crippen molar-refractivity contribution >= 4 is 22.6 Å². The average molecular weight is 425 g/mol. The summed E-state index contributed by atoms with van der Waals surface area (Å²) < 4.78 is 5.39. The number of hydrogen-bond donors (Lipinski definition) is 1. The Hall–Kier alpha value is -2.71. The van der Waals surface area contributed by atoms with Crippen LogP contribution in [0, 0.1) is 5.41 Å². The number of carbonyl (C=O) groups is 2. The summed E-state index contributed by atoms with van der Waals surface area (Å²) in [5.74, 6) is -0.0618. The highest BCUT2D eigenvalue weighted by Gasteiger charge is 2.51. The number of phenols is 1. The zero-order valence-corrected chi connectivity index (χ0v) is 17.6. The summed E-state index contributed by atoms with van der Waals surface area (Å²) >= 11 is 0. The smallest absolute Gasteiger partial charge is 0.257 e. The Balaban J connectivity index is 1.26. The van der Waals surface area contributed by atoms with E-state index in [4.69, 9.17) is 4.74 Å². The molecule has 1 atom stereocenters. The van der Waals surface area contributed by atoms with Gasteiger partial charge in [-0.1, -0.05) is 6.07 Å². The number of ether oxygens (including phenoxy) is 1. The molecule has 0 bridgehead atoms. The fourth-order valence-electron chi connectivity index (χ4n) is 5.11. The van der Waals surface area contributed by atoms with Crippen molar-refractivity contribution in [3.05, 3.63) is 36.2 Å². The highest BCUT2D eigenvalue weighted by atomic mass is 16.5. The van der Waals surface area contributed by atoms with E-state index in [0.717, 1.165) is 57.7 Å². The van der Waals surface area contributed by atoms with Crippen LogP contribution < -0.4 is 0 Å². The molecule has 3 aliphatic rings. The molecule has 8 nitrogen and oxygen atoms in total. The summed E-state index contributed by atoms with van der Waals surface area (Å²) in [5, 5.41) is 12.1. The molecular formula is C23H28N4O4. The topological polar surface area (TPSA) is 86.2 Å². The van der Waals surface area contributed by atoms with Gasteiger partial charge in [0.25, 0.3) is 5.91 Å². The Labute approximate surface area is 181 Å². The number of amides is 2. The predicted octanol–water partition coefficient (Wildman–Crippen LogP) is 1.34. The lowest BCUT2D eigenvalue weighted by Crippen LogP contribution is -2.43. The van der Waals surface area contributed by atoms with Crippen molar-refractivity contribution in [3.8, 4) is 5.75 Å². The molecule has 1 aromatic carbocycles. The minimum absolute atomic E-state index is 0.0178. The Morgan fingerprint density at radius 1 is 1.10 bits per heavy atom. The molecule has 0 aliphatic carbocycles. The van der Waals surface area contributed by atoms with Gasteiger partial charge < -0.3 is 19.6 Å². The zero-order valence-electron chi connectivity index (χ0n) is 17.6. The van der Waals surface area contributed by atoms with Crippen molar-refractivity contribution in [2.45, 2.75) is 12.8 Å². The molecule has 1 spiro atoms. The number of phenolic OH excluding ortho intramolecular Hbond substituents is 1. The quantitative estimate of drug-likeness (QED) is 0.797. The number of likely N-dealkylation sites (tertiary alicyclic amines) is 2. The molecule has 2 amide bonds. The Bertz CT molecular complexity index is 1010. The number of aromatic nitrogens is 1. The first-order chi connectivity index (χ1) is 15.1. The van der Waals surface area contributed by atoms with Gasteiger partial charge >= 0.3 is 0 Å². The van der Waals surface area contributed by atoms with Gasteiger partial charge in [-0.2, -0.15) is 0 Å². The Morgan fingerprint density at radius 3 is 2.74 bits per heavy atom. The first-order valence-electron chi connectivity index (χ1n) is 11.0. The van der Waals surface area contributed by atoms with Gasteiger partial charge in [0.1, 0.15) is 5.75 Å². The largest absolute Gasteiger partial charge is 0.506 e. The molecule has 8 heteroatoms. The number of aromatic hydroxyl groups is 1. The van der Waals surface area contributed by atoms with E-state index in [2.05, 4.69) is 9.88 Å². The van der Waals surface area contributed by atoms with Gasteiger partial charge in [-0.15, -0.1) is 0 Å². The van der Waals surface area contributed by atoms with Crippen LogP contribution in [-0.2, 0) is 9.53 Å². The SMILES string of the molecule is O=C(c1ccc2cnccc2c1O)N1CCC2(CCN(CCN3CCOCC3)C2=O)C1. The van der Waals surface area contributed by atoms with Crippen LogP contribution in [0.5, 0.6) is 5.75 Å². The van der Waals surface area contributed by atoms with Crippen LogP contribution in [0.4, 0.5) is 0 Å². The van der Waals surface area contributed by atoms with E-state index in [1.165, 1.54) is 0 Å². The summed E-state index contributed by atoms with van der Waals surface area (Å²) in [5.41, 5.74) is -0.192. The molecule has 1 unspecified atom stereocenters. The Morgan fingerprint density at radius 2 is 1.90 bits per heavy atom. The summed E-state index contributed by atoms with van der Waals surface area (Å²) in [4.78, 5) is 36.5. The van der Waals surface area contributed by atoms with E-state index >= 15 is 0 Å². The van der Waals surface area contributed by atoms with E-state index in [0.29, 0.717) is 24.9 Å². The molecule has 3 saturated heterocycles. The number of benzene rings is 1. The van der Waals surface area contributed by atoms with Gasteiger partial charge in [0.15, 0.2) is 0 Å². The third-order valence-corrected chi connectivity index (χ3v) is 7.05. The predicted molar refractivity (Wildman–Crippen MR) is 115 cm³/mol. The van der Waals surface area contributed by atoms with Gasteiger partial charge in [-0.25, -0.2) is 0 Å². The summed E-state index contributed by atoms with van der Waals surface area (Å²) in [6.45, 7) is 6.66. The van der Waals surface area contributed by atoms with Crippen molar-refractivity contribution in [3.63, 3.8) is 0 Å². The van der Waals surface area contributed by atoms with Crippen LogP contribution in [0.15, 0.2) is 30.6 Å². The third kappa shape index (κ3) is 3.64. The van der Waals surface area contributed by atoms with E-state index < -0.39 is 5.41 Å². The van der Waals surface area contributed by atoms with Gasteiger partial charge in [-0.3, -0.25) is 19.5 Å². The molecular weight excluding hydrogens is 396 g/mol. The maximum absolute atomic E-state index is 13.2. The molecule has 0 saturated carbocycles. The maximum atomic E-state index is 13.2. The van der Waals surface area contributed by atoms with Crippen molar-refractivity contribution in [2.75, 3.05) is 59.0 Å². The van der Waals surface area contributed by atoms with Gasteiger partial charge in [0, 0.05) is 69.0 Å². The highest BCUT2D eigenvalue weighted by molar-refractivity contribution is 6.03. The van der Waals surface area contributed by atoms with Crippen LogP contribution in [0.2, 0.25) is 0 Å². The molecule has 4 heterocycles. The fraction of sp³-hybridized carbons (Fsp3) is 0.522. The molecule has 2 aromatic rings. The first kappa shape index (κ1) is 20.2. The number of carbonyl (C=O) groups excluding carboxylic acids is 2. The normalized spacial score (nSPS) is 24.6. The second kappa shape index (κ2) is 8.09. The lowest BCUT2D eigenvalue weighted by Gasteiger charge is -2.29. The first-order valence-corrected chi connectivity index (χ1v) is 11.0. The molecule has 0 radical (unpaired) electrons. The molecule has 1 aromatic heterocycles. The molecule has 3 fully saturated rings. The van der Waals surface area contributed by atoms with E-state index in [9.17, 15) is 14.7 Å². The number of morpholine rings is 1. The summed E-state index contributed by atoms with van der Waals surface area (Å²) in [7, 11) is 0.